The molecule has 1 saturated carbocycles. The normalized spacial score (nSPS) is 24.5. The van der Waals surface area contributed by atoms with Gasteiger partial charge in [0.2, 0.25) is 0 Å². The van der Waals surface area contributed by atoms with E-state index in [0.29, 0.717) is 31.3 Å². The second-order valence-electron chi connectivity index (χ2n) is 7.06. The van der Waals surface area contributed by atoms with Crippen molar-refractivity contribution < 1.29 is 20.1 Å². The van der Waals surface area contributed by atoms with Gasteiger partial charge in [-0.2, -0.15) is 0 Å². The van der Waals surface area contributed by atoms with Gasteiger partial charge in [-0.05, 0) is 38.7 Å². The monoisotopic (exact) mass is 350 g/mol. The van der Waals surface area contributed by atoms with E-state index in [0.717, 1.165) is 32.1 Å². The van der Waals surface area contributed by atoms with Crippen LogP contribution in [0, 0.1) is 5.92 Å². The van der Waals surface area contributed by atoms with Crippen LogP contribution in [-0.2, 0) is 4.79 Å². The number of unbranched alkanes of at least 4 members (excludes halogenated alkanes) is 3. The van der Waals surface area contributed by atoms with Crippen LogP contribution < -0.4 is 0 Å². The average Bonchev–Trinajstić information content (AvgIpc) is 2.82. The minimum atomic E-state index is -0.690. The van der Waals surface area contributed by atoms with E-state index in [-0.39, 0.29) is 11.7 Å². The lowest BCUT2D eigenvalue weighted by Crippen LogP contribution is -2.13. The number of carbonyl (C=O) groups excluding carboxylic acids is 1. The number of aliphatic hydroxyl groups excluding tert-OH is 3. The van der Waals surface area contributed by atoms with Crippen molar-refractivity contribution in [2.45, 2.75) is 89.9 Å². The largest absolute Gasteiger partial charge is 0.392 e. The van der Waals surface area contributed by atoms with Crippen LogP contribution >= 0.6 is 0 Å². The smallest absolute Gasteiger partial charge is 0.129 e. The minimum absolute atomic E-state index is 0.154. The Balaban J connectivity index is 2.58. The average molecular weight is 350 g/mol. The highest BCUT2D eigenvalue weighted by Gasteiger charge is 2.35. The van der Waals surface area contributed by atoms with Gasteiger partial charge in [-0.3, -0.25) is 0 Å². The quantitative estimate of drug-likeness (QED) is 0.303. The fourth-order valence-electron chi connectivity index (χ4n) is 3.17. The first kappa shape index (κ1) is 21.9. The lowest BCUT2D eigenvalue weighted by Gasteiger charge is -2.13. The van der Waals surface area contributed by atoms with Crippen LogP contribution in [0.3, 0.4) is 0 Å². The highest BCUT2D eigenvalue weighted by atomic mass is 16.3. The van der Waals surface area contributed by atoms with E-state index in [1.165, 1.54) is 0 Å². The Kier molecular flexibility index (Phi) is 10.7. The van der Waals surface area contributed by atoms with Gasteiger partial charge in [-0.1, -0.05) is 38.3 Å². The number of carbonyl (C=O) groups is 1. The summed E-state index contributed by atoms with van der Waals surface area (Å²) in [6.45, 7) is 3.72. The molecule has 4 heteroatoms. The van der Waals surface area contributed by atoms with Gasteiger partial charge < -0.3 is 20.1 Å². The molecule has 1 fully saturated rings. The fourth-order valence-corrected chi connectivity index (χ4v) is 3.17. The van der Waals surface area contributed by atoms with Crippen molar-refractivity contribution in [1.82, 2.24) is 0 Å². The molecule has 25 heavy (non-hydrogen) atoms. The first-order chi connectivity index (χ1) is 12.0. The van der Waals surface area contributed by atoms with Gasteiger partial charge in [0, 0.05) is 24.3 Å². The van der Waals surface area contributed by atoms with Crippen molar-refractivity contribution in [3.63, 3.8) is 0 Å². The standard InChI is InChI=1S/C21H34O4/c1-3-4-7-11-17(23)13-14-19-18(20(24)15-21(19)25)12-9-6-5-8-10-16(2)22/h6,9,13,17-18,20-21,23-25H,3-5,7-8,10-12,15H2,1-2H3/b9-6-/t14?,17-,18+,20-,21+/m0/s1. The zero-order valence-corrected chi connectivity index (χ0v) is 15.7. The van der Waals surface area contributed by atoms with Crippen LogP contribution in [0.15, 0.2) is 29.5 Å². The number of Topliss-reactive ketones (excluding diaryl/α,β-unsaturated/α-hetero) is 1. The Labute approximate surface area is 152 Å². The van der Waals surface area contributed by atoms with Crippen LogP contribution in [0.1, 0.15) is 71.6 Å². The highest BCUT2D eigenvalue weighted by molar-refractivity contribution is 5.75. The van der Waals surface area contributed by atoms with Crippen molar-refractivity contribution in [3.05, 3.63) is 29.5 Å². The summed E-state index contributed by atoms with van der Waals surface area (Å²) in [6.07, 6.45) is 11.0. The van der Waals surface area contributed by atoms with Gasteiger partial charge in [0.15, 0.2) is 0 Å². The number of hydrogen-bond donors (Lipinski definition) is 3. The van der Waals surface area contributed by atoms with Crippen molar-refractivity contribution in [2.24, 2.45) is 5.92 Å². The first-order valence-electron chi connectivity index (χ1n) is 9.60. The molecule has 0 radical (unpaired) electrons. The van der Waals surface area contributed by atoms with Gasteiger partial charge in [0.05, 0.1) is 18.3 Å². The van der Waals surface area contributed by atoms with E-state index in [9.17, 15) is 20.1 Å². The van der Waals surface area contributed by atoms with E-state index in [4.69, 9.17) is 0 Å². The van der Waals surface area contributed by atoms with Gasteiger partial charge in [0.1, 0.15) is 5.78 Å². The molecule has 3 N–H and O–H groups in total. The summed E-state index contributed by atoms with van der Waals surface area (Å²) in [5, 5.41) is 30.3. The van der Waals surface area contributed by atoms with Crippen molar-refractivity contribution >= 4 is 5.78 Å². The SMILES string of the molecule is CCCCC[C@H](O)C=C=C1[C@H](O)C[C@H](O)[C@@H]1C/C=C\CCCC(C)=O. The summed E-state index contributed by atoms with van der Waals surface area (Å²) in [5.41, 5.74) is 3.75. The number of ketones is 1. The molecule has 0 spiro atoms. The third-order valence-electron chi connectivity index (χ3n) is 4.69. The Morgan fingerprint density at radius 3 is 2.72 bits per heavy atom. The third-order valence-corrected chi connectivity index (χ3v) is 4.69. The van der Waals surface area contributed by atoms with Gasteiger partial charge in [0.25, 0.3) is 0 Å². The molecule has 1 aliphatic rings. The predicted octanol–water partition coefficient (Wildman–Crippen LogP) is 3.46. The summed E-state index contributed by atoms with van der Waals surface area (Å²) in [4.78, 5) is 10.9. The number of aliphatic hydroxyl groups is 3. The van der Waals surface area contributed by atoms with Crippen molar-refractivity contribution in [2.75, 3.05) is 0 Å². The molecule has 1 rings (SSSR count). The molecule has 0 aromatic carbocycles. The minimum Gasteiger partial charge on any atom is -0.392 e. The Morgan fingerprint density at radius 1 is 1.28 bits per heavy atom. The molecule has 0 amide bonds. The van der Waals surface area contributed by atoms with E-state index in [1.54, 1.807) is 13.0 Å². The number of rotatable bonds is 11. The molecule has 0 aromatic rings. The van der Waals surface area contributed by atoms with Gasteiger partial charge in [-0.15, -0.1) is 5.73 Å². The van der Waals surface area contributed by atoms with Crippen LogP contribution in [-0.4, -0.2) is 39.4 Å². The molecule has 0 saturated heterocycles. The highest BCUT2D eigenvalue weighted by Crippen LogP contribution is 2.34. The molecule has 1 aliphatic carbocycles. The molecule has 4 atom stereocenters. The topological polar surface area (TPSA) is 77.8 Å². The maximum absolute atomic E-state index is 10.9. The number of hydrogen-bond acceptors (Lipinski definition) is 4. The van der Waals surface area contributed by atoms with Crippen LogP contribution in [0.4, 0.5) is 0 Å². The molecule has 0 unspecified atom stereocenters. The van der Waals surface area contributed by atoms with Gasteiger partial charge >= 0.3 is 0 Å². The molecule has 0 aromatic heterocycles. The predicted molar refractivity (Wildman–Crippen MR) is 100 cm³/mol. The first-order valence-corrected chi connectivity index (χ1v) is 9.60. The summed E-state index contributed by atoms with van der Waals surface area (Å²) >= 11 is 0. The Hall–Kier alpha value is -1.19. The van der Waals surface area contributed by atoms with Crippen LogP contribution in [0.2, 0.25) is 0 Å². The fraction of sp³-hybridized carbons (Fsp3) is 0.714. The molecular weight excluding hydrogens is 316 g/mol. The number of allylic oxidation sites excluding steroid dienone is 2. The summed E-state index contributed by atoms with van der Waals surface area (Å²) in [7, 11) is 0. The lowest BCUT2D eigenvalue weighted by molar-refractivity contribution is -0.117. The van der Waals surface area contributed by atoms with E-state index in [1.807, 2.05) is 12.2 Å². The Morgan fingerprint density at radius 2 is 2.04 bits per heavy atom. The van der Waals surface area contributed by atoms with E-state index in [2.05, 4.69) is 12.7 Å². The zero-order valence-electron chi connectivity index (χ0n) is 15.7. The molecule has 4 nitrogen and oxygen atoms in total. The maximum atomic E-state index is 10.9. The molecule has 0 heterocycles. The molecule has 0 aliphatic heterocycles. The van der Waals surface area contributed by atoms with E-state index < -0.39 is 18.3 Å². The molecule has 142 valence electrons. The zero-order chi connectivity index (χ0) is 18.7. The molecule has 0 bridgehead atoms. The lowest BCUT2D eigenvalue weighted by atomic mass is 9.96. The summed E-state index contributed by atoms with van der Waals surface area (Å²) < 4.78 is 0. The van der Waals surface area contributed by atoms with Crippen LogP contribution in [0.5, 0.6) is 0 Å². The van der Waals surface area contributed by atoms with Crippen molar-refractivity contribution in [1.29, 1.82) is 0 Å². The summed E-state index contributed by atoms with van der Waals surface area (Å²) in [6, 6.07) is 0. The second kappa shape index (κ2) is 12.2. The van der Waals surface area contributed by atoms with Gasteiger partial charge in [-0.25, -0.2) is 0 Å². The summed E-state index contributed by atoms with van der Waals surface area (Å²) in [5.74, 6) is 0.0498. The third kappa shape index (κ3) is 8.64. The van der Waals surface area contributed by atoms with E-state index >= 15 is 0 Å². The van der Waals surface area contributed by atoms with Crippen molar-refractivity contribution in [3.8, 4) is 0 Å². The second-order valence-corrected chi connectivity index (χ2v) is 7.06. The Bertz CT molecular complexity index is 488. The van der Waals surface area contributed by atoms with Crippen LogP contribution in [0.25, 0.3) is 0 Å². The molecular formula is C21H34O4. The maximum Gasteiger partial charge on any atom is 0.129 e.